The number of benzene rings is 1. The molecule has 0 aliphatic carbocycles. The molecular weight excluding hydrogens is 260 g/mol. The molecule has 5 heteroatoms. The number of hydrogen-bond donors (Lipinski definition) is 1. The van der Waals surface area contributed by atoms with Crippen molar-refractivity contribution in [2.75, 3.05) is 19.3 Å². The smallest absolute Gasteiger partial charge is 0.101 e. The molecule has 108 valence electrons. The van der Waals surface area contributed by atoms with Crippen LogP contribution >= 0.6 is 0 Å². The molecule has 0 aliphatic heterocycles. The van der Waals surface area contributed by atoms with E-state index in [4.69, 9.17) is 0 Å². The first kappa shape index (κ1) is 16.1. The van der Waals surface area contributed by atoms with Gasteiger partial charge in [0.25, 0.3) is 0 Å². The van der Waals surface area contributed by atoms with Gasteiger partial charge in [0.15, 0.2) is 0 Å². The average Bonchev–Trinajstić information content (AvgIpc) is 2.26. The highest BCUT2D eigenvalue weighted by Crippen LogP contribution is 2.21. The van der Waals surface area contributed by atoms with Crippen LogP contribution in [0, 0.1) is 0 Å². The minimum Gasteiger partial charge on any atom is -0.545 e. The molecule has 0 atom stereocenters. The molecule has 0 amide bonds. The average molecular weight is 284 g/mol. The summed E-state index contributed by atoms with van der Waals surface area (Å²) >= 11 is 0. The Balaban J connectivity index is 2.35. The van der Waals surface area contributed by atoms with Crippen molar-refractivity contribution in [1.82, 2.24) is 0 Å². The van der Waals surface area contributed by atoms with Gasteiger partial charge < -0.3 is 10.0 Å². The predicted molar refractivity (Wildman–Crippen MR) is 78.7 cm³/mol. The molecule has 0 spiro atoms. The summed E-state index contributed by atoms with van der Waals surface area (Å²) < 4.78 is 25.2. The predicted octanol–water partition coefficient (Wildman–Crippen LogP) is 1.38. The van der Waals surface area contributed by atoms with Gasteiger partial charge in [-0.05, 0) is 11.0 Å². The van der Waals surface area contributed by atoms with E-state index in [-0.39, 0.29) is 5.41 Å². The van der Waals surface area contributed by atoms with E-state index in [0.29, 0.717) is 13.1 Å². The molecule has 1 rings (SSSR count). The second-order valence-electron chi connectivity index (χ2n) is 5.81. The van der Waals surface area contributed by atoms with Crippen LogP contribution in [0.4, 0.5) is 0 Å². The monoisotopic (exact) mass is 284 g/mol. The Morgan fingerprint density at radius 3 is 2.21 bits per heavy atom. The third-order valence-electron chi connectivity index (χ3n) is 2.86. The number of nitrogens with two attached hydrogens (primary N) is 1. The van der Waals surface area contributed by atoms with Gasteiger partial charge in [-0.25, -0.2) is 8.42 Å². The first-order valence-electron chi connectivity index (χ1n) is 6.48. The van der Waals surface area contributed by atoms with E-state index in [1.807, 2.05) is 0 Å². The summed E-state index contributed by atoms with van der Waals surface area (Å²) in [6.45, 7) is 8.47. The van der Waals surface area contributed by atoms with Crippen LogP contribution in [0.1, 0.15) is 31.9 Å². The van der Waals surface area contributed by atoms with Crippen LogP contribution in [0.3, 0.4) is 0 Å². The van der Waals surface area contributed by atoms with E-state index in [1.165, 1.54) is 11.1 Å². The van der Waals surface area contributed by atoms with Gasteiger partial charge in [-0.15, -0.1) is 0 Å². The number of quaternary nitrogens is 1. The van der Waals surface area contributed by atoms with Gasteiger partial charge in [-0.2, -0.15) is 0 Å². The number of nitrogens with zero attached hydrogens (tertiary/aromatic N) is 1. The number of rotatable bonds is 6. The highest BCUT2D eigenvalue weighted by atomic mass is 32.2. The lowest BCUT2D eigenvalue weighted by molar-refractivity contribution is -0.667. The van der Waals surface area contributed by atoms with Gasteiger partial charge in [-0.3, -0.25) is 0 Å². The lowest BCUT2D eigenvalue weighted by Gasteiger charge is -2.19. The first-order valence-corrected chi connectivity index (χ1v) is 8.33. The lowest BCUT2D eigenvalue weighted by Crippen LogP contribution is -2.83. The molecule has 0 aromatic heterocycles. The van der Waals surface area contributed by atoms with Gasteiger partial charge >= 0.3 is 0 Å². The highest BCUT2D eigenvalue weighted by Gasteiger charge is 2.12. The van der Waals surface area contributed by atoms with Gasteiger partial charge in [0.1, 0.15) is 6.54 Å². The lowest BCUT2D eigenvalue weighted by atomic mass is 9.87. The van der Waals surface area contributed by atoms with Crippen molar-refractivity contribution < 1.29 is 13.7 Å². The zero-order chi connectivity index (χ0) is 14.5. The van der Waals surface area contributed by atoms with Crippen molar-refractivity contribution in [3.63, 3.8) is 0 Å². The summed E-state index contributed by atoms with van der Waals surface area (Å²) in [5.41, 5.74) is 2.74. The van der Waals surface area contributed by atoms with Gasteiger partial charge in [0, 0.05) is 11.8 Å². The molecule has 0 aliphatic rings. The molecular formula is C14H24N2O2S. The second kappa shape index (κ2) is 6.50. The van der Waals surface area contributed by atoms with E-state index in [2.05, 4.69) is 55.1 Å². The minimum atomic E-state index is -3.19. The first-order chi connectivity index (χ1) is 8.68. The Morgan fingerprint density at radius 2 is 1.74 bits per heavy atom. The van der Waals surface area contributed by atoms with Gasteiger partial charge in [0.2, 0.25) is 0 Å². The van der Waals surface area contributed by atoms with Crippen LogP contribution in [0.25, 0.3) is 4.72 Å². The van der Waals surface area contributed by atoms with Crippen LogP contribution in [0.2, 0.25) is 0 Å². The third-order valence-corrected chi connectivity index (χ3v) is 3.51. The van der Waals surface area contributed by atoms with Crippen LogP contribution in [0.5, 0.6) is 0 Å². The molecule has 0 saturated carbocycles. The summed E-state index contributed by atoms with van der Waals surface area (Å²) in [6.07, 6.45) is 1.12. The van der Waals surface area contributed by atoms with E-state index < -0.39 is 10.0 Å². The summed E-state index contributed by atoms with van der Waals surface area (Å²) in [5, 5.41) is 2.07. The van der Waals surface area contributed by atoms with Crippen molar-refractivity contribution in [1.29, 1.82) is 0 Å². The maximum atomic E-state index is 10.8. The molecule has 0 bridgehead atoms. The molecule has 19 heavy (non-hydrogen) atoms. The number of sulfonamides is 1. The van der Waals surface area contributed by atoms with Crippen molar-refractivity contribution >= 4 is 10.0 Å². The quantitative estimate of drug-likeness (QED) is 0.802. The van der Waals surface area contributed by atoms with Crippen LogP contribution in [0.15, 0.2) is 24.3 Å². The highest BCUT2D eigenvalue weighted by molar-refractivity contribution is 7.93. The molecule has 2 N–H and O–H groups in total. The Kier molecular flexibility index (Phi) is 5.52. The Labute approximate surface area is 116 Å². The zero-order valence-electron chi connectivity index (χ0n) is 12.2. The minimum absolute atomic E-state index is 0.177. The fourth-order valence-corrected chi connectivity index (χ4v) is 2.16. The summed E-state index contributed by atoms with van der Waals surface area (Å²) in [5.74, 6) is 0. The van der Waals surface area contributed by atoms with Crippen LogP contribution in [-0.4, -0.2) is 27.8 Å². The fourth-order valence-electron chi connectivity index (χ4n) is 1.72. The molecule has 0 unspecified atom stereocenters. The van der Waals surface area contributed by atoms with E-state index in [9.17, 15) is 8.42 Å². The number of hydrogen-bond acceptors (Lipinski definition) is 2. The molecule has 1 aromatic carbocycles. The Bertz CT molecular complexity index is 487. The molecule has 4 nitrogen and oxygen atoms in total. The SMILES string of the molecule is CC(C)(C)c1ccc(C[NH2+]CC[N-]S(C)(=O)=O)cc1. The zero-order valence-corrected chi connectivity index (χ0v) is 13.0. The van der Waals surface area contributed by atoms with Crippen molar-refractivity contribution in [2.24, 2.45) is 0 Å². The normalized spacial score (nSPS) is 12.6. The van der Waals surface area contributed by atoms with Crippen LogP contribution in [-0.2, 0) is 22.0 Å². The molecule has 1 aromatic rings. The molecule has 0 saturated heterocycles. The summed E-state index contributed by atoms with van der Waals surface area (Å²) in [4.78, 5) is 0. The van der Waals surface area contributed by atoms with Crippen LogP contribution < -0.4 is 5.32 Å². The van der Waals surface area contributed by atoms with E-state index in [0.717, 1.165) is 12.8 Å². The molecule has 0 fully saturated rings. The largest absolute Gasteiger partial charge is 0.545 e. The Morgan fingerprint density at radius 1 is 1.16 bits per heavy atom. The van der Waals surface area contributed by atoms with Crippen molar-refractivity contribution in [3.05, 3.63) is 40.1 Å². The molecule has 0 radical (unpaired) electrons. The summed E-state index contributed by atoms with van der Waals surface area (Å²) in [7, 11) is -3.19. The maximum Gasteiger partial charge on any atom is 0.101 e. The standard InChI is InChI=1S/C14H23N2O2S/c1-14(2,3)13-7-5-12(6-8-13)11-15-9-10-16-19(4,17)18/h5-8,15H,9-11H2,1-4H3/q-1/p+1. The second-order valence-corrected chi connectivity index (χ2v) is 7.54. The fraction of sp³-hybridized carbons (Fsp3) is 0.571. The van der Waals surface area contributed by atoms with Gasteiger partial charge in [0.05, 0.1) is 16.6 Å². The Hall–Kier alpha value is -0.910. The van der Waals surface area contributed by atoms with Gasteiger partial charge in [-0.1, -0.05) is 51.6 Å². The van der Waals surface area contributed by atoms with Crippen molar-refractivity contribution in [2.45, 2.75) is 32.7 Å². The van der Waals surface area contributed by atoms with Crippen molar-refractivity contribution in [3.8, 4) is 0 Å². The topological polar surface area (TPSA) is 64.8 Å². The maximum absolute atomic E-state index is 10.8. The van der Waals surface area contributed by atoms with E-state index in [1.54, 1.807) is 0 Å². The summed E-state index contributed by atoms with van der Waals surface area (Å²) in [6, 6.07) is 8.57. The van der Waals surface area contributed by atoms with E-state index >= 15 is 0 Å². The third kappa shape index (κ3) is 6.71. The molecule has 0 heterocycles.